The van der Waals surface area contributed by atoms with Crippen LogP contribution in [0.3, 0.4) is 0 Å². The van der Waals surface area contributed by atoms with Crippen molar-refractivity contribution in [2.45, 2.75) is 63.2 Å². The van der Waals surface area contributed by atoms with Crippen LogP contribution in [0.5, 0.6) is 0 Å². The van der Waals surface area contributed by atoms with Crippen LogP contribution in [-0.4, -0.2) is 40.9 Å². The molecule has 1 saturated heterocycles. The highest BCUT2D eigenvalue weighted by Gasteiger charge is 2.25. The molecule has 0 aromatic carbocycles. The van der Waals surface area contributed by atoms with Gasteiger partial charge in [0.1, 0.15) is 12.4 Å². The quantitative estimate of drug-likeness (QED) is 0.735. The van der Waals surface area contributed by atoms with Gasteiger partial charge in [0.2, 0.25) is 11.8 Å². The smallest absolute Gasteiger partial charge is 0.241 e. The lowest BCUT2D eigenvalue weighted by Crippen LogP contribution is -2.34. The summed E-state index contributed by atoms with van der Waals surface area (Å²) in [6.07, 6.45) is 4.50. The van der Waals surface area contributed by atoms with E-state index >= 15 is 0 Å². The van der Waals surface area contributed by atoms with Crippen molar-refractivity contribution in [3.05, 3.63) is 11.3 Å². The molecule has 0 saturated carbocycles. The number of rotatable bonds is 8. The topological polar surface area (TPSA) is 85.2 Å². The minimum Gasteiger partial charge on any atom is -0.376 e. The summed E-state index contributed by atoms with van der Waals surface area (Å²) in [4.78, 5) is 24.4. The zero-order valence-electron chi connectivity index (χ0n) is 14.7. The van der Waals surface area contributed by atoms with E-state index in [4.69, 9.17) is 4.74 Å². The second kappa shape index (κ2) is 8.71. The van der Waals surface area contributed by atoms with E-state index in [9.17, 15) is 9.59 Å². The van der Waals surface area contributed by atoms with Gasteiger partial charge in [-0.15, -0.1) is 0 Å². The largest absolute Gasteiger partial charge is 0.376 e. The fraction of sp³-hybridized carbons (Fsp3) is 0.706. The Kier molecular flexibility index (Phi) is 6.36. The van der Waals surface area contributed by atoms with Crippen LogP contribution in [0.15, 0.2) is 0 Å². The number of amides is 2. The van der Waals surface area contributed by atoms with E-state index in [1.165, 1.54) is 0 Å². The molecule has 7 nitrogen and oxygen atoms in total. The van der Waals surface area contributed by atoms with Crippen molar-refractivity contribution in [3.63, 3.8) is 0 Å². The molecule has 2 N–H and O–H groups in total. The first-order valence-electron chi connectivity index (χ1n) is 9.01. The summed E-state index contributed by atoms with van der Waals surface area (Å²) in [7, 11) is 0. The molecule has 1 aromatic rings. The van der Waals surface area contributed by atoms with E-state index in [0.717, 1.165) is 55.1 Å². The van der Waals surface area contributed by atoms with Crippen molar-refractivity contribution in [1.82, 2.24) is 15.1 Å². The Morgan fingerprint density at radius 1 is 1.36 bits per heavy atom. The number of ether oxygens (including phenoxy) is 1. The summed E-state index contributed by atoms with van der Waals surface area (Å²) in [5.41, 5.74) is 2.03. The molecule has 25 heavy (non-hydrogen) atoms. The van der Waals surface area contributed by atoms with Gasteiger partial charge in [-0.1, -0.05) is 13.3 Å². The molecule has 8 heteroatoms. The lowest BCUT2D eigenvalue weighted by atomic mass is 10.2. The first-order valence-corrected chi connectivity index (χ1v) is 10.2. The van der Waals surface area contributed by atoms with Gasteiger partial charge in [0.05, 0.1) is 11.8 Å². The maximum Gasteiger partial charge on any atom is 0.241 e. The SMILES string of the molecule is CCCCC(=O)Nc1c2c(nn1CC(=O)NCC1CCCO1)CSC2. The average Bonchev–Trinajstić information content (AvgIpc) is 3.31. The Morgan fingerprint density at radius 3 is 3.00 bits per heavy atom. The van der Waals surface area contributed by atoms with Gasteiger partial charge in [0.25, 0.3) is 0 Å². The normalized spacial score (nSPS) is 19.0. The van der Waals surface area contributed by atoms with Gasteiger partial charge in [-0.3, -0.25) is 9.59 Å². The first kappa shape index (κ1) is 18.3. The van der Waals surface area contributed by atoms with Crippen molar-refractivity contribution in [3.8, 4) is 0 Å². The summed E-state index contributed by atoms with van der Waals surface area (Å²) in [6, 6.07) is 0. The van der Waals surface area contributed by atoms with E-state index < -0.39 is 0 Å². The van der Waals surface area contributed by atoms with Crippen LogP contribution in [0.2, 0.25) is 0 Å². The van der Waals surface area contributed by atoms with Crippen molar-refractivity contribution in [2.75, 3.05) is 18.5 Å². The van der Waals surface area contributed by atoms with Crippen molar-refractivity contribution in [1.29, 1.82) is 0 Å². The maximum absolute atomic E-state index is 12.3. The van der Waals surface area contributed by atoms with Crippen LogP contribution in [0.1, 0.15) is 50.3 Å². The highest BCUT2D eigenvalue weighted by atomic mass is 32.2. The number of carbonyl (C=O) groups excluding carboxylic acids is 2. The predicted octanol–water partition coefficient (Wildman–Crippen LogP) is 2.05. The molecule has 0 spiro atoms. The average molecular weight is 366 g/mol. The van der Waals surface area contributed by atoms with E-state index in [1.54, 1.807) is 16.4 Å². The number of nitrogens with zero attached hydrogens (tertiary/aromatic N) is 2. The van der Waals surface area contributed by atoms with Gasteiger partial charge in [-0.05, 0) is 19.3 Å². The van der Waals surface area contributed by atoms with Crippen molar-refractivity contribution < 1.29 is 14.3 Å². The fourth-order valence-electron chi connectivity index (χ4n) is 3.08. The number of nitrogens with one attached hydrogen (secondary N) is 2. The van der Waals surface area contributed by atoms with Gasteiger partial charge in [0, 0.05) is 36.6 Å². The number of fused-ring (bicyclic) bond motifs is 1. The fourth-order valence-corrected chi connectivity index (χ4v) is 4.11. The molecule has 1 unspecified atom stereocenters. The second-order valence-electron chi connectivity index (χ2n) is 6.52. The third-order valence-corrected chi connectivity index (χ3v) is 5.45. The van der Waals surface area contributed by atoms with E-state index in [2.05, 4.69) is 22.7 Å². The molecular formula is C17H26N4O3S. The number of aromatic nitrogens is 2. The Hall–Kier alpha value is -1.54. The van der Waals surface area contributed by atoms with Crippen molar-refractivity contribution >= 4 is 29.4 Å². The number of hydrogen-bond donors (Lipinski definition) is 2. The molecule has 1 aromatic heterocycles. The third kappa shape index (κ3) is 4.76. The number of unbranched alkanes of at least 4 members (excludes halogenated alkanes) is 1. The number of carbonyl (C=O) groups is 2. The standard InChI is InChI=1S/C17H26N4O3S/c1-2-3-6-15(22)19-17-13-10-25-11-14(13)20-21(17)9-16(23)18-8-12-5-4-7-24-12/h12H,2-11H2,1H3,(H,18,23)(H,19,22). The van der Waals surface area contributed by atoms with Gasteiger partial charge < -0.3 is 15.4 Å². The molecule has 2 amide bonds. The monoisotopic (exact) mass is 366 g/mol. The van der Waals surface area contributed by atoms with Crippen LogP contribution >= 0.6 is 11.8 Å². The molecular weight excluding hydrogens is 340 g/mol. The van der Waals surface area contributed by atoms with Crippen LogP contribution < -0.4 is 10.6 Å². The minimum atomic E-state index is -0.103. The molecule has 2 aliphatic heterocycles. The summed E-state index contributed by atoms with van der Waals surface area (Å²) in [5, 5.41) is 10.4. The number of thioether (sulfide) groups is 1. The predicted molar refractivity (Wildman–Crippen MR) is 97.4 cm³/mol. The van der Waals surface area contributed by atoms with Crippen LogP contribution in [0.25, 0.3) is 0 Å². The highest BCUT2D eigenvalue weighted by Crippen LogP contribution is 2.34. The van der Waals surface area contributed by atoms with E-state index in [1.807, 2.05) is 0 Å². The van der Waals surface area contributed by atoms with Crippen molar-refractivity contribution in [2.24, 2.45) is 0 Å². The molecule has 1 atom stereocenters. The molecule has 2 aliphatic rings. The zero-order valence-corrected chi connectivity index (χ0v) is 15.5. The summed E-state index contributed by atoms with van der Waals surface area (Å²) in [6.45, 7) is 3.49. The maximum atomic E-state index is 12.3. The third-order valence-electron chi connectivity index (χ3n) is 4.48. The van der Waals surface area contributed by atoms with Crippen LogP contribution in [0, 0.1) is 0 Å². The number of hydrogen-bond acceptors (Lipinski definition) is 5. The zero-order chi connectivity index (χ0) is 17.6. The Bertz CT molecular complexity index is 626. The number of anilines is 1. The Balaban J connectivity index is 1.61. The second-order valence-corrected chi connectivity index (χ2v) is 7.50. The van der Waals surface area contributed by atoms with Crippen LogP contribution in [0.4, 0.5) is 5.82 Å². The van der Waals surface area contributed by atoms with Gasteiger partial charge in [-0.2, -0.15) is 16.9 Å². The van der Waals surface area contributed by atoms with Gasteiger partial charge >= 0.3 is 0 Å². The highest BCUT2D eigenvalue weighted by molar-refractivity contribution is 7.98. The first-order chi connectivity index (χ1) is 12.2. The minimum absolute atomic E-state index is 0.0116. The molecule has 0 bridgehead atoms. The molecule has 1 fully saturated rings. The van der Waals surface area contributed by atoms with Crippen LogP contribution in [-0.2, 0) is 32.4 Å². The molecule has 0 radical (unpaired) electrons. The molecule has 138 valence electrons. The van der Waals surface area contributed by atoms with E-state index in [0.29, 0.717) is 18.8 Å². The lowest BCUT2D eigenvalue weighted by molar-refractivity contribution is -0.122. The molecule has 3 rings (SSSR count). The molecule has 0 aliphatic carbocycles. The summed E-state index contributed by atoms with van der Waals surface area (Å²) in [5.74, 6) is 2.23. The Morgan fingerprint density at radius 2 is 2.24 bits per heavy atom. The summed E-state index contributed by atoms with van der Waals surface area (Å²) >= 11 is 1.78. The summed E-state index contributed by atoms with van der Waals surface area (Å²) < 4.78 is 7.16. The lowest BCUT2D eigenvalue weighted by Gasteiger charge is -2.13. The molecule has 3 heterocycles. The van der Waals surface area contributed by atoms with Gasteiger partial charge in [0.15, 0.2) is 0 Å². The van der Waals surface area contributed by atoms with E-state index in [-0.39, 0.29) is 24.5 Å². The Labute approximate surface area is 152 Å². The van der Waals surface area contributed by atoms with Gasteiger partial charge in [-0.25, -0.2) is 4.68 Å².